The lowest BCUT2D eigenvalue weighted by Gasteiger charge is -2.05. The number of hydrogen-bond acceptors (Lipinski definition) is 3. The number of benzene rings is 1. The van der Waals surface area contributed by atoms with E-state index in [0.717, 1.165) is 16.6 Å². The first kappa shape index (κ1) is 11.5. The van der Waals surface area contributed by atoms with Crippen molar-refractivity contribution in [2.45, 2.75) is 6.92 Å². The van der Waals surface area contributed by atoms with Gasteiger partial charge < -0.3 is 10.3 Å². The largest absolute Gasteiger partial charge is 0.341 e. The molecule has 94 valence electrons. The minimum Gasteiger partial charge on any atom is -0.341 e. The molecule has 3 aromatic rings. The highest BCUT2D eigenvalue weighted by Crippen LogP contribution is 2.28. The van der Waals surface area contributed by atoms with Crippen LogP contribution in [0.5, 0.6) is 0 Å². The molecule has 0 fully saturated rings. The van der Waals surface area contributed by atoms with Gasteiger partial charge in [0.2, 0.25) is 0 Å². The van der Waals surface area contributed by atoms with Crippen LogP contribution in [-0.2, 0) is 0 Å². The topological polar surface area (TPSA) is 57.8 Å². The summed E-state index contributed by atoms with van der Waals surface area (Å²) in [6, 6.07) is 11.5. The fourth-order valence-electron chi connectivity index (χ4n) is 2.18. The van der Waals surface area contributed by atoms with Gasteiger partial charge in [-0.1, -0.05) is 18.2 Å². The maximum Gasteiger partial charge on any atom is 0.164 e. The number of H-pyrrole nitrogens is 1. The highest BCUT2D eigenvalue weighted by atomic mass is 16.1. The van der Waals surface area contributed by atoms with Crippen LogP contribution in [0.4, 0.5) is 11.5 Å². The minimum atomic E-state index is 0.0313. The molecule has 0 atom stereocenters. The number of pyridine rings is 1. The first-order chi connectivity index (χ1) is 9.25. The van der Waals surface area contributed by atoms with Gasteiger partial charge >= 0.3 is 0 Å². The Morgan fingerprint density at radius 3 is 2.79 bits per heavy atom. The molecule has 0 unspecified atom stereocenters. The average Bonchev–Trinajstić information content (AvgIpc) is 2.77. The van der Waals surface area contributed by atoms with E-state index in [0.29, 0.717) is 11.4 Å². The minimum absolute atomic E-state index is 0.0313. The average molecular weight is 251 g/mol. The summed E-state index contributed by atoms with van der Waals surface area (Å²) in [6.07, 6.45) is 3.43. The van der Waals surface area contributed by atoms with Crippen molar-refractivity contribution in [2.24, 2.45) is 0 Å². The normalized spacial score (nSPS) is 10.6. The van der Waals surface area contributed by atoms with Crippen molar-refractivity contribution >= 4 is 28.2 Å². The zero-order chi connectivity index (χ0) is 13.2. The third-order valence-electron chi connectivity index (χ3n) is 2.99. The number of anilines is 2. The summed E-state index contributed by atoms with van der Waals surface area (Å²) in [6.45, 7) is 1.57. The van der Waals surface area contributed by atoms with Gasteiger partial charge in [-0.3, -0.25) is 9.78 Å². The van der Waals surface area contributed by atoms with Crippen molar-refractivity contribution in [1.82, 2.24) is 9.97 Å². The Hall–Kier alpha value is -2.62. The molecule has 0 aliphatic heterocycles. The quantitative estimate of drug-likeness (QED) is 0.700. The van der Waals surface area contributed by atoms with Crippen molar-refractivity contribution in [3.8, 4) is 0 Å². The summed E-state index contributed by atoms with van der Waals surface area (Å²) in [7, 11) is 0. The Labute approximate surface area is 110 Å². The van der Waals surface area contributed by atoms with Gasteiger partial charge in [0.15, 0.2) is 5.78 Å². The van der Waals surface area contributed by atoms with Gasteiger partial charge in [-0.15, -0.1) is 0 Å². The molecule has 0 saturated carbocycles. The third-order valence-corrected chi connectivity index (χ3v) is 2.99. The van der Waals surface area contributed by atoms with E-state index in [-0.39, 0.29) is 5.78 Å². The Kier molecular flexibility index (Phi) is 2.76. The number of carbonyl (C=O) groups is 1. The standard InChI is InChI=1S/C15H13N3O/c1-10(19)14-12-6-2-3-7-13(12)18-15(14)17-11-5-4-8-16-9-11/h2-9,17-18H,1H3. The van der Waals surface area contributed by atoms with E-state index in [1.165, 1.54) is 0 Å². The van der Waals surface area contributed by atoms with E-state index in [9.17, 15) is 4.79 Å². The van der Waals surface area contributed by atoms with Gasteiger partial charge in [0.05, 0.1) is 17.4 Å². The molecule has 0 aliphatic carbocycles. The van der Waals surface area contributed by atoms with E-state index in [2.05, 4.69) is 15.3 Å². The second kappa shape index (κ2) is 4.57. The smallest absolute Gasteiger partial charge is 0.164 e. The van der Waals surface area contributed by atoms with Crippen LogP contribution < -0.4 is 5.32 Å². The molecule has 0 saturated heterocycles. The van der Waals surface area contributed by atoms with Crippen molar-refractivity contribution in [2.75, 3.05) is 5.32 Å². The Morgan fingerprint density at radius 2 is 2.05 bits per heavy atom. The van der Waals surface area contributed by atoms with Crippen LogP contribution in [0, 0.1) is 0 Å². The molecule has 2 aromatic heterocycles. The summed E-state index contributed by atoms with van der Waals surface area (Å²) in [4.78, 5) is 19.1. The first-order valence-corrected chi connectivity index (χ1v) is 6.04. The summed E-state index contributed by atoms with van der Waals surface area (Å²) >= 11 is 0. The monoisotopic (exact) mass is 251 g/mol. The van der Waals surface area contributed by atoms with Crippen molar-refractivity contribution in [3.05, 3.63) is 54.4 Å². The van der Waals surface area contributed by atoms with Crippen LogP contribution >= 0.6 is 0 Å². The molecule has 0 bridgehead atoms. The van der Waals surface area contributed by atoms with Crippen LogP contribution in [0.3, 0.4) is 0 Å². The second-order valence-electron chi connectivity index (χ2n) is 4.34. The summed E-state index contributed by atoms with van der Waals surface area (Å²) in [5.74, 6) is 0.741. The van der Waals surface area contributed by atoms with Gasteiger partial charge in [-0.25, -0.2) is 0 Å². The van der Waals surface area contributed by atoms with E-state index >= 15 is 0 Å². The van der Waals surface area contributed by atoms with E-state index < -0.39 is 0 Å². The van der Waals surface area contributed by atoms with Crippen LogP contribution in [0.1, 0.15) is 17.3 Å². The predicted molar refractivity (Wildman–Crippen MR) is 75.8 cm³/mol. The fraction of sp³-hybridized carbons (Fsp3) is 0.0667. The van der Waals surface area contributed by atoms with E-state index in [1.54, 1.807) is 19.3 Å². The summed E-state index contributed by atoms with van der Waals surface area (Å²) in [5, 5.41) is 4.14. The fourth-order valence-corrected chi connectivity index (χ4v) is 2.18. The molecule has 4 nitrogen and oxygen atoms in total. The third kappa shape index (κ3) is 2.08. The Bertz CT molecular complexity index is 731. The lowest BCUT2D eigenvalue weighted by Crippen LogP contribution is -1.98. The zero-order valence-corrected chi connectivity index (χ0v) is 10.5. The summed E-state index contributed by atoms with van der Waals surface area (Å²) < 4.78 is 0. The molecule has 0 amide bonds. The van der Waals surface area contributed by atoms with E-state index in [4.69, 9.17) is 0 Å². The molecule has 2 N–H and O–H groups in total. The molecule has 4 heteroatoms. The second-order valence-corrected chi connectivity index (χ2v) is 4.34. The lowest BCUT2D eigenvalue weighted by atomic mass is 10.1. The van der Waals surface area contributed by atoms with Crippen molar-refractivity contribution in [3.63, 3.8) is 0 Å². The number of nitrogens with one attached hydrogen (secondary N) is 2. The van der Waals surface area contributed by atoms with Gasteiger partial charge in [-0.05, 0) is 25.1 Å². The number of carbonyl (C=O) groups excluding carboxylic acids is 1. The number of hydrogen-bond donors (Lipinski definition) is 2. The Balaban J connectivity index is 2.13. The number of rotatable bonds is 3. The Morgan fingerprint density at radius 1 is 1.21 bits per heavy atom. The summed E-state index contributed by atoms with van der Waals surface area (Å²) in [5.41, 5.74) is 2.47. The van der Waals surface area contributed by atoms with Gasteiger partial charge in [0.25, 0.3) is 0 Å². The molecular weight excluding hydrogens is 238 g/mol. The van der Waals surface area contributed by atoms with Gasteiger partial charge in [0, 0.05) is 17.1 Å². The van der Waals surface area contributed by atoms with E-state index in [1.807, 2.05) is 36.4 Å². The van der Waals surface area contributed by atoms with Crippen molar-refractivity contribution in [1.29, 1.82) is 0 Å². The molecule has 1 aromatic carbocycles. The maximum absolute atomic E-state index is 11.9. The number of ketones is 1. The maximum atomic E-state index is 11.9. The zero-order valence-electron chi connectivity index (χ0n) is 10.5. The number of nitrogens with zero attached hydrogens (tertiary/aromatic N) is 1. The predicted octanol–water partition coefficient (Wildman–Crippen LogP) is 3.51. The molecule has 0 radical (unpaired) electrons. The SMILES string of the molecule is CC(=O)c1c(Nc2cccnc2)[nH]c2ccccc12. The number of Topliss-reactive ketones (excluding diaryl/α,β-unsaturated/α-hetero) is 1. The van der Waals surface area contributed by atoms with Crippen LogP contribution in [-0.4, -0.2) is 15.8 Å². The number of fused-ring (bicyclic) bond motifs is 1. The molecule has 3 rings (SSSR count). The van der Waals surface area contributed by atoms with Crippen LogP contribution in [0.15, 0.2) is 48.8 Å². The highest BCUT2D eigenvalue weighted by Gasteiger charge is 2.14. The highest BCUT2D eigenvalue weighted by molar-refractivity contribution is 6.12. The van der Waals surface area contributed by atoms with Crippen molar-refractivity contribution < 1.29 is 4.79 Å². The number of aromatic amines is 1. The molecule has 0 aliphatic rings. The first-order valence-electron chi connectivity index (χ1n) is 6.04. The number of para-hydroxylation sites is 1. The van der Waals surface area contributed by atoms with Gasteiger partial charge in [-0.2, -0.15) is 0 Å². The lowest BCUT2D eigenvalue weighted by molar-refractivity contribution is 0.102. The molecule has 19 heavy (non-hydrogen) atoms. The van der Waals surface area contributed by atoms with Gasteiger partial charge in [0.1, 0.15) is 5.82 Å². The number of aromatic nitrogens is 2. The molecular formula is C15H13N3O. The van der Waals surface area contributed by atoms with Crippen LogP contribution in [0.2, 0.25) is 0 Å². The molecule has 0 spiro atoms. The van der Waals surface area contributed by atoms with Crippen LogP contribution in [0.25, 0.3) is 10.9 Å². The molecule has 2 heterocycles.